The Hall–Kier alpha value is 0.230. The van der Waals surface area contributed by atoms with Crippen LogP contribution in [-0.4, -0.2) is 56.0 Å². The maximum Gasteiger partial charge on any atom is 0.158 e. The summed E-state index contributed by atoms with van der Waals surface area (Å²) in [5.74, 6) is 1.23. The third kappa shape index (κ3) is 8.89. The molecule has 4 heteroatoms. The summed E-state index contributed by atoms with van der Waals surface area (Å²) in [5, 5.41) is 0. The lowest BCUT2D eigenvalue weighted by molar-refractivity contribution is -0.141. The van der Waals surface area contributed by atoms with Gasteiger partial charge in [0.1, 0.15) is 0 Å². The highest BCUT2D eigenvalue weighted by Gasteiger charge is 2.13. The zero-order valence-corrected chi connectivity index (χ0v) is 12.9. The van der Waals surface area contributed by atoms with Crippen LogP contribution in [0, 0.1) is 0 Å². The molecule has 0 aliphatic rings. The van der Waals surface area contributed by atoms with Crippen molar-refractivity contribution in [2.45, 2.75) is 45.9 Å². The van der Waals surface area contributed by atoms with Crippen molar-refractivity contribution in [2.75, 3.05) is 38.8 Å². The summed E-state index contributed by atoms with van der Waals surface area (Å²) in [5.41, 5.74) is 0. The molecule has 104 valence electrons. The molecule has 0 aliphatic carbocycles. The van der Waals surface area contributed by atoms with Gasteiger partial charge in [-0.2, -0.15) is 11.8 Å². The Morgan fingerprint density at radius 2 is 1.71 bits per heavy atom. The maximum absolute atomic E-state index is 5.54. The predicted octanol–water partition coefficient (Wildman–Crippen LogP) is 2.85. The number of thioether (sulfide) groups is 1. The summed E-state index contributed by atoms with van der Waals surface area (Å²) in [6.07, 6.45) is 4.31. The van der Waals surface area contributed by atoms with E-state index in [1.165, 1.54) is 12.2 Å². The lowest BCUT2D eigenvalue weighted by atomic mass is 10.2. The van der Waals surface area contributed by atoms with Gasteiger partial charge in [-0.25, -0.2) is 0 Å². The van der Waals surface area contributed by atoms with Gasteiger partial charge in [0.05, 0.1) is 0 Å². The molecule has 0 aliphatic heterocycles. The van der Waals surface area contributed by atoms with Gasteiger partial charge in [0, 0.05) is 32.2 Å². The predicted molar refractivity (Wildman–Crippen MR) is 76.7 cm³/mol. The molecule has 0 aromatic rings. The second kappa shape index (κ2) is 11.3. The van der Waals surface area contributed by atoms with E-state index in [4.69, 9.17) is 9.47 Å². The first kappa shape index (κ1) is 17.2. The molecule has 17 heavy (non-hydrogen) atoms. The fraction of sp³-hybridized carbons (Fsp3) is 1.00. The summed E-state index contributed by atoms with van der Waals surface area (Å²) < 4.78 is 11.1. The molecule has 3 nitrogen and oxygen atoms in total. The van der Waals surface area contributed by atoms with Gasteiger partial charge >= 0.3 is 0 Å². The van der Waals surface area contributed by atoms with E-state index in [1.807, 2.05) is 25.6 Å². The summed E-state index contributed by atoms with van der Waals surface area (Å²) in [6, 6.07) is 0.631. The van der Waals surface area contributed by atoms with Crippen molar-refractivity contribution >= 4 is 11.8 Å². The van der Waals surface area contributed by atoms with Crippen LogP contribution in [0.3, 0.4) is 0 Å². The molecule has 0 amide bonds. The van der Waals surface area contributed by atoms with E-state index >= 15 is 0 Å². The normalized spacial score (nSPS) is 13.6. The van der Waals surface area contributed by atoms with Crippen molar-refractivity contribution in [2.24, 2.45) is 0 Å². The van der Waals surface area contributed by atoms with Crippen LogP contribution in [0.5, 0.6) is 0 Å². The van der Waals surface area contributed by atoms with Crippen LogP contribution >= 0.6 is 11.8 Å². The van der Waals surface area contributed by atoms with Crippen LogP contribution in [0.15, 0.2) is 0 Å². The number of rotatable bonds is 11. The molecular formula is C13H29NO2S. The number of hydrogen-bond acceptors (Lipinski definition) is 4. The summed E-state index contributed by atoms with van der Waals surface area (Å²) in [6.45, 7) is 8.77. The maximum atomic E-state index is 5.54. The van der Waals surface area contributed by atoms with E-state index in [9.17, 15) is 0 Å². The third-order valence-electron chi connectivity index (χ3n) is 2.91. The van der Waals surface area contributed by atoms with Gasteiger partial charge in [-0.1, -0.05) is 0 Å². The molecule has 0 spiro atoms. The van der Waals surface area contributed by atoms with Crippen LogP contribution in [0.4, 0.5) is 0 Å². The fourth-order valence-corrected chi connectivity index (χ4v) is 2.20. The first-order chi connectivity index (χ1) is 8.15. The van der Waals surface area contributed by atoms with Gasteiger partial charge in [0.25, 0.3) is 0 Å². The molecule has 0 bridgehead atoms. The highest BCUT2D eigenvalue weighted by molar-refractivity contribution is 7.98. The molecule has 0 aromatic carbocycles. The zero-order chi connectivity index (χ0) is 13.1. The van der Waals surface area contributed by atoms with Crippen molar-refractivity contribution in [3.05, 3.63) is 0 Å². The number of ether oxygens (including phenoxy) is 2. The van der Waals surface area contributed by atoms with E-state index in [-0.39, 0.29) is 6.29 Å². The molecule has 0 saturated carbocycles. The van der Waals surface area contributed by atoms with E-state index in [1.54, 1.807) is 0 Å². The molecular weight excluding hydrogens is 234 g/mol. The fourth-order valence-electron chi connectivity index (χ4n) is 1.62. The van der Waals surface area contributed by atoms with Gasteiger partial charge in [-0.05, 0) is 46.2 Å². The zero-order valence-electron chi connectivity index (χ0n) is 12.1. The van der Waals surface area contributed by atoms with Crippen LogP contribution in [0.25, 0.3) is 0 Å². The van der Waals surface area contributed by atoms with Crippen LogP contribution in [0.2, 0.25) is 0 Å². The van der Waals surface area contributed by atoms with E-state index in [2.05, 4.69) is 25.1 Å². The lowest BCUT2D eigenvalue weighted by Gasteiger charge is -2.26. The molecule has 0 aromatic heterocycles. The number of hydrogen-bond donors (Lipinski definition) is 0. The topological polar surface area (TPSA) is 21.7 Å². The molecule has 1 unspecified atom stereocenters. The average molecular weight is 263 g/mol. The Kier molecular flexibility index (Phi) is 11.5. The summed E-state index contributed by atoms with van der Waals surface area (Å²) in [7, 11) is 2.18. The van der Waals surface area contributed by atoms with Gasteiger partial charge in [0.2, 0.25) is 0 Å². The minimum atomic E-state index is -0.0415. The smallest absolute Gasteiger partial charge is 0.158 e. The van der Waals surface area contributed by atoms with E-state index in [0.717, 1.165) is 26.2 Å². The Morgan fingerprint density at radius 1 is 1.12 bits per heavy atom. The Labute approximate surface area is 111 Å². The Bertz CT molecular complexity index is 163. The van der Waals surface area contributed by atoms with Crippen LogP contribution in [-0.2, 0) is 9.47 Å². The second-order valence-corrected chi connectivity index (χ2v) is 5.23. The lowest BCUT2D eigenvalue weighted by Crippen LogP contribution is -2.33. The molecule has 0 saturated heterocycles. The molecule has 1 atom stereocenters. The van der Waals surface area contributed by atoms with Gasteiger partial charge in [0.15, 0.2) is 6.29 Å². The highest BCUT2D eigenvalue weighted by Crippen LogP contribution is 2.09. The molecule has 0 radical (unpaired) electrons. The largest absolute Gasteiger partial charge is 0.353 e. The van der Waals surface area contributed by atoms with E-state index in [0.29, 0.717) is 6.04 Å². The standard InChI is InChI=1S/C13H29NO2S/c1-6-15-13(16-7-2)8-10-14(4)12(3)9-11-17-5/h12-13H,6-11H2,1-5H3. The third-order valence-corrected chi connectivity index (χ3v) is 3.56. The van der Waals surface area contributed by atoms with Gasteiger partial charge in [-0.15, -0.1) is 0 Å². The first-order valence-electron chi connectivity index (χ1n) is 6.58. The monoisotopic (exact) mass is 263 g/mol. The summed E-state index contributed by atoms with van der Waals surface area (Å²) in [4.78, 5) is 2.39. The SMILES string of the molecule is CCOC(CCN(C)C(C)CCSC)OCC. The van der Waals surface area contributed by atoms with E-state index < -0.39 is 0 Å². The molecule has 0 heterocycles. The van der Waals surface area contributed by atoms with Gasteiger partial charge < -0.3 is 14.4 Å². The minimum Gasteiger partial charge on any atom is -0.353 e. The molecule has 0 N–H and O–H groups in total. The van der Waals surface area contributed by atoms with Crippen molar-refractivity contribution in [1.82, 2.24) is 4.90 Å². The quantitative estimate of drug-likeness (QED) is 0.534. The second-order valence-electron chi connectivity index (χ2n) is 4.24. The molecule has 0 fully saturated rings. The Balaban J connectivity index is 3.80. The number of nitrogens with zero attached hydrogens (tertiary/aromatic N) is 1. The van der Waals surface area contributed by atoms with Crippen molar-refractivity contribution in [3.8, 4) is 0 Å². The van der Waals surface area contributed by atoms with Crippen molar-refractivity contribution < 1.29 is 9.47 Å². The van der Waals surface area contributed by atoms with Gasteiger partial charge in [-0.3, -0.25) is 0 Å². The van der Waals surface area contributed by atoms with Crippen LogP contribution in [0.1, 0.15) is 33.6 Å². The van der Waals surface area contributed by atoms with Crippen molar-refractivity contribution in [1.29, 1.82) is 0 Å². The average Bonchev–Trinajstić information content (AvgIpc) is 2.33. The Morgan fingerprint density at radius 3 is 2.18 bits per heavy atom. The van der Waals surface area contributed by atoms with Crippen LogP contribution < -0.4 is 0 Å². The first-order valence-corrected chi connectivity index (χ1v) is 7.97. The summed E-state index contributed by atoms with van der Waals surface area (Å²) >= 11 is 1.91. The van der Waals surface area contributed by atoms with Crippen molar-refractivity contribution in [3.63, 3.8) is 0 Å². The highest BCUT2D eigenvalue weighted by atomic mass is 32.2. The molecule has 0 rings (SSSR count). The minimum absolute atomic E-state index is 0.0415.